The molecule has 0 aromatic carbocycles. The Bertz CT molecular complexity index is 991. The molecule has 1 aromatic rings. The quantitative estimate of drug-likeness (QED) is 0.691. The Morgan fingerprint density at radius 1 is 1.37 bits per heavy atom. The van der Waals surface area contributed by atoms with E-state index in [9.17, 15) is 18.0 Å². The molecule has 1 atom stereocenters. The number of hydrogen-bond acceptors (Lipinski definition) is 7. The first-order valence-corrected chi connectivity index (χ1v) is 11.7. The number of urea groups is 1. The predicted octanol–water partition coefficient (Wildman–Crippen LogP) is 1.49. The summed E-state index contributed by atoms with van der Waals surface area (Å²) in [5.74, 6) is -0.714. The van der Waals surface area contributed by atoms with Gasteiger partial charge in [-0.15, -0.1) is 11.3 Å². The molecule has 27 heavy (non-hydrogen) atoms. The van der Waals surface area contributed by atoms with Gasteiger partial charge in [-0.1, -0.05) is 0 Å². The zero-order chi connectivity index (χ0) is 19.3. The van der Waals surface area contributed by atoms with Crippen LogP contribution in [0, 0.1) is 18.8 Å². The molecule has 0 radical (unpaired) electrons. The minimum absolute atomic E-state index is 0.0717. The SMILES string of the molecule is CNS(=O)(=O)C1=CC2C(=O)N(Cc3cnc(C)s3)C(=O)[N+](CC3CC3)=C2S1. The summed E-state index contributed by atoms with van der Waals surface area (Å²) in [7, 11) is -2.34. The number of nitrogens with one attached hydrogen (secondary N) is 1. The summed E-state index contributed by atoms with van der Waals surface area (Å²) in [5.41, 5.74) is 0. The third-order valence-corrected chi connectivity index (χ3v) is 8.72. The van der Waals surface area contributed by atoms with E-state index in [0.29, 0.717) is 17.5 Å². The van der Waals surface area contributed by atoms with E-state index in [1.165, 1.54) is 29.4 Å². The van der Waals surface area contributed by atoms with Crippen molar-refractivity contribution in [3.8, 4) is 0 Å². The lowest BCUT2D eigenvalue weighted by atomic mass is 10.1. The second kappa shape index (κ2) is 6.80. The van der Waals surface area contributed by atoms with Crippen LogP contribution in [-0.4, -0.2) is 53.5 Å². The number of thiazole rings is 1. The highest BCUT2D eigenvalue weighted by Crippen LogP contribution is 2.40. The summed E-state index contributed by atoms with van der Waals surface area (Å²) in [4.78, 5) is 32.3. The van der Waals surface area contributed by atoms with E-state index >= 15 is 0 Å². The van der Waals surface area contributed by atoms with Crippen molar-refractivity contribution in [1.82, 2.24) is 14.6 Å². The average Bonchev–Trinajstić information content (AvgIpc) is 3.17. The molecule has 144 valence electrons. The van der Waals surface area contributed by atoms with Gasteiger partial charge in [-0.2, -0.15) is 14.3 Å². The Labute approximate surface area is 165 Å². The summed E-state index contributed by atoms with van der Waals surface area (Å²) in [5, 5.41) is 1.37. The van der Waals surface area contributed by atoms with Crippen molar-refractivity contribution in [2.75, 3.05) is 13.6 Å². The van der Waals surface area contributed by atoms with Crippen molar-refractivity contribution in [2.45, 2.75) is 26.3 Å². The maximum atomic E-state index is 13.1. The van der Waals surface area contributed by atoms with Crippen LogP contribution in [0.15, 0.2) is 16.5 Å². The lowest BCUT2D eigenvalue weighted by molar-refractivity contribution is -0.441. The van der Waals surface area contributed by atoms with Gasteiger partial charge >= 0.3 is 11.9 Å². The standard InChI is InChI=1S/C16H19N4O4S3/c1-9-18-6-11(25-9)8-19-14(21)12-5-13(27(23,24)17-2)26-15(12)20(16(19)22)7-10-3-4-10/h5-6,10,12,17H,3-4,7-8H2,1-2H3/q+1. The molecule has 0 spiro atoms. The fraction of sp³-hybridized carbons (Fsp3) is 0.500. The van der Waals surface area contributed by atoms with Gasteiger partial charge in [-0.25, -0.2) is 22.9 Å². The van der Waals surface area contributed by atoms with E-state index in [1.807, 2.05) is 6.92 Å². The maximum Gasteiger partial charge on any atom is 0.501 e. The largest absolute Gasteiger partial charge is 0.501 e. The average molecular weight is 428 g/mol. The summed E-state index contributed by atoms with van der Waals surface area (Å²) in [6.45, 7) is 2.54. The minimum Gasteiger partial charge on any atom is -0.250 e. The van der Waals surface area contributed by atoms with E-state index < -0.39 is 15.9 Å². The van der Waals surface area contributed by atoms with Crippen LogP contribution in [0.5, 0.6) is 0 Å². The van der Waals surface area contributed by atoms with E-state index in [2.05, 4.69) is 9.71 Å². The smallest absolute Gasteiger partial charge is 0.250 e. The Morgan fingerprint density at radius 3 is 2.70 bits per heavy atom. The number of sulfonamides is 1. The van der Waals surface area contributed by atoms with Gasteiger partial charge in [-0.3, -0.25) is 0 Å². The van der Waals surface area contributed by atoms with Gasteiger partial charge in [-0.05, 0) is 50.6 Å². The zero-order valence-electron chi connectivity index (χ0n) is 14.8. The van der Waals surface area contributed by atoms with Crippen molar-refractivity contribution in [3.63, 3.8) is 0 Å². The highest BCUT2D eigenvalue weighted by atomic mass is 32.3. The van der Waals surface area contributed by atoms with E-state index in [0.717, 1.165) is 34.5 Å². The summed E-state index contributed by atoms with van der Waals surface area (Å²) in [6.07, 6.45) is 5.21. The lowest BCUT2D eigenvalue weighted by Gasteiger charge is -2.23. The van der Waals surface area contributed by atoms with Crippen molar-refractivity contribution < 1.29 is 22.6 Å². The van der Waals surface area contributed by atoms with Gasteiger partial charge in [0.25, 0.3) is 0 Å². The fourth-order valence-corrected chi connectivity index (χ4v) is 6.28. The first-order chi connectivity index (χ1) is 12.8. The van der Waals surface area contributed by atoms with Crippen LogP contribution >= 0.6 is 23.1 Å². The first kappa shape index (κ1) is 18.8. The summed E-state index contributed by atoms with van der Waals surface area (Å²) >= 11 is 2.44. The van der Waals surface area contributed by atoms with Gasteiger partial charge < -0.3 is 0 Å². The molecule has 0 saturated heterocycles. The number of carbonyl (C=O) groups excluding carboxylic acids is 2. The Kier molecular flexibility index (Phi) is 4.73. The number of nitrogens with zero attached hydrogens (tertiary/aromatic N) is 3. The molecule has 2 aliphatic heterocycles. The third-order valence-electron chi connectivity index (χ3n) is 4.69. The first-order valence-electron chi connectivity index (χ1n) is 8.54. The summed E-state index contributed by atoms with van der Waals surface area (Å²) < 4.78 is 28.3. The molecule has 1 fully saturated rings. The number of aryl methyl sites for hydroxylation is 1. The number of fused-ring (bicyclic) bond motifs is 1. The molecule has 1 unspecified atom stereocenters. The van der Waals surface area contributed by atoms with E-state index in [1.54, 1.807) is 10.8 Å². The second-order valence-corrected chi connectivity index (χ2v) is 11.2. The van der Waals surface area contributed by atoms with Gasteiger partial charge in [0, 0.05) is 6.20 Å². The molecule has 3 amide bonds. The molecule has 11 heteroatoms. The molecule has 1 aliphatic carbocycles. The maximum absolute atomic E-state index is 13.1. The van der Waals surface area contributed by atoms with E-state index in [-0.39, 0.29) is 22.7 Å². The predicted molar refractivity (Wildman–Crippen MR) is 103 cm³/mol. The third kappa shape index (κ3) is 3.48. The highest BCUT2D eigenvalue weighted by Gasteiger charge is 2.52. The number of rotatable bonds is 6. The minimum atomic E-state index is -3.67. The van der Waals surface area contributed by atoms with Crippen molar-refractivity contribution in [1.29, 1.82) is 0 Å². The normalized spacial score (nSPS) is 23.1. The Morgan fingerprint density at radius 2 is 2.11 bits per heavy atom. The molecule has 4 rings (SSSR count). The molecule has 3 heterocycles. The van der Waals surface area contributed by atoms with Crippen LogP contribution in [0.25, 0.3) is 0 Å². The lowest BCUT2D eigenvalue weighted by Crippen LogP contribution is -2.52. The van der Waals surface area contributed by atoms with Gasteiger partial charge in [0.1, 0.15) is 16.7 Å². The van der Waals surface area contributed by atoms with Gasteiger partial charge in [0.2, 0.25) is 10.0 Å². The van der Waals surface area contributed by atoms with Gasteiger partial charge in [0.05, 0.1) is 16.4 Å². The van der Waals surface area contributed by atoms with Crippen LogP contribution in [0.2, 0.25) is 0 Å². The van der Waals surface area contributed by atoms with Crippen LogP contribution in [0.1, 0.15) is 22.7 Å². The number of carbonyl (C=O) groups is 2. The van der Waals surface area contributed by atoms with Crippen LogP contribution in [-0.2, 0) is 21.4 Å². The number of hydrogen-bond donors (Lipinski definition) is 1. The summed E-state index contributed by atoms with van der Waals surface area (Å²) in [6, 6.07) is -0.381. The van der Waals surface area contributed by atoms with Crippen LogP contribution in [0.4, 0.5) is 4.79 Å². The van der Waals surface area contributed by atoms with Gasteiger partial charge in [0.15, 0.2) is 5.04 Å². The second-order valence-electron chi connectivity index (χ2n) is 6.72. The molecule has 1 N–H and O–H groups in total. The molecule has 8 nitrogen and oxygen atoms in total. The molecular formula is C16H19N4O4S3+. The van der Waals surface area contributed by atoms with Crippen molar-refractivity contribution in [2.24, 2.45) is 11.8 Å². The topological polar surface area (TPSA) is 99.5 Å². The molecule has 1 saturated carbocycles. The molecular weight excluding hydrogens is 408 g/mol. The van der Waals surface area contributed by atoms with Crippen LogP contribution < -0.4 is 4.72 Å². The molecule has 1 aromatic heterocycles. The Balaban J connectivity index is 1.72. The van der Waals surface area contributed by atoms with Crippen molar-refractivity contribution >= 4 is 50.1 Å². The molecule has 3 aliphatic rings. The molecule has 0 bridgehead atoms. The highest BCUT2D eigenvalue weighted by molar-refractivity contribution is 8.27. The number of imide groups is 1. The number of thioether (sulfide) groups is 1. The van der Waals surface area contributed by atoms with Crippen molar-refractivity contribution in [3.05, 3.63) is 26.4 Å². The number of aromatic nitrogens is 1. The number of amides is 3. The van der Waals surface area contributed by atoms with Crippen LogP contribution in [0.3, 0.4) is 0 Å². The zero-order valence-corrected chi connectivity index (χ0v) is 17.3. The fourth-order valence-electron chi connectivity index (χ4n) is 3.06. The monoisotopic (exact) mass is 427 g/mol. The Hall–Kier alpha value is -1.56. The van der Waals surface area contributed by atoms with E-state index in [4.69, 9.17) is 0 Å².